The normalized spacial score (nSPS) is 10.4. The standard InChI is InChI=1S/C12H7BrClF2NO/c13-10-4-8(15)1-2-11(10)18-12-7(5-14)3-9(16)6-17-12/h1-4,6H,5H2. The molecule has 0 aliphatic rings. The molecule has 0 saturated carbocycles. The summed E-state index contributed by atoms with van der Waals surface area (Å²) in [6.45, 7) is 0. The smallest absolute Gasteiger partial charge is 0.223 e. The van der Waals surface area contributed by atoms with Crippen molar-refractivity contribution in [3.05, 3.63) is 52.1 Å². The molecule has 0 saturated heterocycles. The maximum absolute atomic E-state index is 13.0. The number of ether oxygens (including phenoxy) is 1. The molecular formula is C12H7BrClF2NO. The molecule has 0 fully saturated rings. The van der Waals surface area contributed by atoms with E-state index in [0.717, 1.165) is 6.20 Å². The van der Waals surface area contributed by atoms with Crippen LogP contribution in [0.4, 0.5) is 8.78 Å². The Morgan fingerprint density at radius 2 is 2.00 bits per heavy atom. The Morgan fingerprint density at radius 1 is 1.22 bits per heavy atom. The number of alkyl halides is 1. The van der Waals surface area contributed by atoms with Gasteiger partial charge >= 0.3 is 0 Å². The Morgan fingerprint density at radius 3 is 2.67 bits per heavy atom. The van der Waals surface area contributed by atoms with E-state index in [1.807, 2.05) is 0 Å². The molecule has 0 N–H and O–H groups in total. The van der Waals surface area contributed by atoms with Crippen LogP contribution < -0.4 is 4.74 Å². The molecule has 94 valence electrons. The first-order valence-corrected chi connectivity index (χ1v) is 6.26. The monoisotopic (exact) mass is 333 g/mol. The summed E-state index contributed by atoms with van der Waals surface area (Å²) >= 11 is 8.84. The fourth-order valence-electron chi connectivity index (χ4n) is 1.32. The summed E-state index contributed by atoms with van der Waals surface area (Å²) in [5, 5.41) is 0. The Balaban J connectivity index is 2.33. The van der Waals surface area contributed by atoms with E-state index in [4.69, 9.17) is 16.3 Å². The molecule has 2 nitrogen and oxygen atoms in total. The molecular weight excluding hydrogens is 327 g/mol. The van der Waals surface area contributed by atoms with Crippen LogP contribution in [0.15, 0.2) is 34.9 Å². The zero-order valence-corrected chi connectivity index (χ0v) is 11.3. The first kappa shape index (κ1) is 13.2. The second-order valence-electron chi connectivity index (χ2n) is 3.43. The van der Waals surface area contributed by atoms with Crippen molar-refractivity contribution >= 4 is 27.5 Å². The molecule has 0 bridgehead atoms. The average molecular weight is 335 g/mol. The molecule has 0 radical (unpaired) electrons. The van der Waals surface area contributed by atoms with Gasteiger partial charge in [0.1, 0.15) is 17.4 Å². The van der Waals surface area contributed by atoms with Gasteiger partial charge in [-0.2, -0.15) is 0 Å². The van der Waals surface area contributed by atoms with Gasteiger partial charge in [0.05, 0.1) is 16.5 Å². The molecule has 1 aromatic heterocycles. The van der Waals surface area contributed by atoms with Gasteiger partial charge in [-0.3, -0.25) is 0 Å². The fourth-order valence-corrected chi connectivity index (χ4v) is 1.94. The van der Waals surface area contributed by atoms with E-state index in [1.165, 1.54) is 24.3 Å². The molecule has 0 aliphatic heterocycles. The lowest BCUT2D eigenvalue weighted by molar-refractivity contribution is 0.450. The van der Waals surface area contributed by atoms with E-state index in [0.29, 0.717) is 15.8 Å². The van der Waals surface area contributed by atoms with E-state index < -0.39 is 5.82 Å². The quantitative estimate of drug-likeness (QED) is 0.762. The van der Waals surface area contributed by atoms with Crippen molar-refractivity contribution in [2.75, 3.05) is 0 Å². The zero-order valence-electron chi connectivity index (χ0n) is 8.96. The number of pyridine rings is 1. The maximum Gasteiger partial charge on any atom is 0.223 e. The predicted octanol–water partition coefficient (Wildman–Crippen LogP) is 4.65. The van der Waals surface area contributed by atoms with E-state index in [1.54, 1.807) is 0 Å². The summed E-state index contributed by atoms with van der Waals surface area (Å²) in [7, 11) is 0. The van der Waals surface area contributed by atoms with E-state index in [2.05, 4.69) is 20.9 Å². The lowest BCUT2D eigenvalue weighted by Gasteiger charge is -2.09. The maximum atomic E-state index is 13.0. The minimum atomic E-state index is -0.490. The molecule has 1 aromatic carbocycles. The van der Waals surface area contributed by atoms with Crippen LogP contribution in [0.25, 0.3) is 0 Å². The van der Waals surface area contributed by atoms with Crippen LogP contribution in [-0.4, -0.2) is 4.98 Å². The lowest BCUT2D eigenvalue weighted by atomic mass is 10.3. The number of halogens is 4. The summed E-state index contributed by atoms with van der Waals surface area (Å²) in [5.41, 5.74) is 0.424. The number of hydrogen-bond acceptors (Lipinski definition) is 2. The molecule has 0 aliphatic carbocycles. The molecule has 1 heterocycles. The summed E-state index contributed by atoms with van der Waals surface area (Å²) < 4.78 is 31.8. The minimum absolute atomic E-state index is 0.0684. The van der Waals surface area contributed by atoms with Gasteiger partial charge < -0.3 is 4.74 Å². The first-order valence-electron chi connectivity index (χ1n) is 4.93. The van der Waals surface area contributed by atoms with Crippen molar-refractivity contribution in [3.63, 3.8) is 0 Å². The molecule has 2 aromatic rings. The van der Waals surface area contributed by atoms with Gasteiger partial charge in [-0.05, 0) is 40.2 Å². The highest BCUT2D eigenvalue weighted by Crippen LogP contribution is 2.31. The van der Waals surface area contributed by atoms with Crippen LogP contribution in [-0.2, 0) is 5.88 Å². The number of nitrogens with zero attached hydrogens (tertiary/aromatic N) is 1. The zero-order chi connectivity index (χ0) is 13.1. The third kappa shape index (κ3) is 2.97. The predicted molar refractivity (Wildman–Crippen MR) is 67.9 cm³/mol. The topological polar surface area (TPSA) is 22.1 Å². The molecule has 18 heavy (non-hydrogen) atoms. The third-order valence-corrected chi connectivity index (χ3v) is 3.04. The van der Waals surface area contributed by atoms with E-state index >= 15 is 0 Å². The van der Waals surface area contributed by atoms with Crippen molar-refractivity contribution in [2.24, 2.45) is 0 Å². The van der Waals surface area contributed by atoms with Crippen LogP contribution in [0.5, 0.6) is 11.6 Å². The molecule has 2 rings (SSSR count). The highest BCUT2D eigenvalue weighted by atomic mass is 79.9. The summed E-state index contributed by atoms with van der Waals surface area (Å²) in [6.07, 6.45) is 1.03. The van der Waals surface area contributed by atoms with Gasteiger partial charge in [-0.15, -0.1) is 11.6 Å². The van der Waals surface area contributed by atoms with Crippen molar-refractivity contribution in [1.82, 2.24) is 4.98 Å². The Kier molecular flexibility index (Phi) is 4.14. The highest BCUT2D eigenvalue weighted by Gasteiger charge is 2.10. The first-order chi connectivity index (χ1) is 8.60. The molecule has 0 spiro atoms. The number of benzene rings is 1. The summed E-state index contributed by atoms with van der Waals surface area (Å²) in [4.78, 5) is 3.81. The summed E-state index contributed by atoms with van der Waals surface area (Å²) in [6, 6.07) is 5.21. The SMILES string of the molecule is Fc1ccc(Oc2ncc(F)cc2CCl)c(Br)c1. The van der Waals surface area contributed by atoms with Gasteiger partial charge in [0.2, 0.25) is 5.88 Å². The number of rotatable bonds is 3. The van der Waals surface area contributed by atoms with Crippen molar-refractivity contribution in [2.45, 2.75) is 5.88 Å². The molecule has 0 amide bonds. The molecule has 6 heteroatoms. The highest BCUT2D eigenvalue weighted by molar-refractivity contribution is 9.10. The van der Waals surface area contributed by atoms with Crippen molar-refractivity contribution in [1.29, 1.82) is 0 Å². The van der Waals surface area contributed by atoms with E-state index in [9.17, 15) is 8.78 Å². The van der Waals surface area contributed by atoms with Gasteiger partial charge in [-0.1, -0.05) is 0 Å². The Hall–Kier alpha value is -1.20. The van der Waals surface area contributed by atoms with Gasteiger partial charge in [0, 0.05) is 5.56 Å². The summed E-state index contributed by atoms with van der Waals surface area (Å²) in [5.74, 6) is -0.241. The van der Waals surface area contributed by atoms with Crippen molar-refractivity contribution in [3.8, 4) is 11.6 Å². The van der Waals surface area contributed by atoms with E-state index in [-0.39, 0.29) is 17.6 Å². The van der Waals surface area contributed by atoms with Gasteiger partial charge in [-0.25, -0.2) is 13.8 Å². The average Bonchev–Trinajstić information content (AvgIpc) is 2.34. The largest absolute Gasteiger partial charge is 0.438 e. The molecule has 0 unspecified atom stereocenters. The van der Waals surface area contributed by atoms with Crippen LogP contribution in [0.3, 0.4) is 0 Å². The molecule has 0 atom stereocenters. The lowest BCUT2D eigenvalue weighted by Crippen LogP contribution is -1.95. The van der Waals surface area contributed by atoms with Crippen LogP contribution in [0.2, 0.25) is 0 Å². The minimum Gasteiger partial charge on any atom is -0.438 e. The van der Waals surface area contributed by atoms with Crippen LogP contribution in [0, 0.1) is 11.6 Å². The second-order valence-corrected chi connectivity index (χ2v) is 4.55. The van der Waals surface area contributed by atoms with Crippen LogP contribution >= 0.6 is 27.5 Å². The van der Waals surface area contributed by atoms with Gasteiger partial charge in [0.25, 0.3) is 0 Å². The number of hydrogen-bond donors (Lipinski definition) is 0. The Labute approximate surface area is 116 Å². The van der Waals surface area contributed by atoms with Gasteiger partial charge in [0.15, 0.2) is 0 Å². The van der Waals surface area contributed by atoms with Crippen LogP contribution in [0.1, 0.15) is 5.56 Å². The second kappa shape index (κ2) is 5.63. The third-order valence-electron chi connectivity index (χ3n) is 2.14. The Bertz CT molecular complexity index is 580. The number of aromatic nitrogens is 1. The fraction of sp³-hybridized carbons (Fsp3) is 0.0833. The van der Waals surface area contributed by atoms with Crippen molar-refractivity contribution < 1.29 is 13.5 Å².